The number of anilines is 1. The molecule has 2 aliphatic rings. The molecule has 1 unspecified atom stereocenters. The van der Waals surface area contributed by atoms with Gasteiger partial charge in [-0.2, -0.15) is 6.07 Å². The molecular weight excluding hydrogens is 745 g/mol. The minimum absolute atomic E-state index is 0. The molecule has 262 valence electrons. The summed E-state index contributed by atoms with van der Waals surface area (Å²) in [5.74, 6) is 0.527. The quantitative estimate of drug-likeness (QED) is 0.129. The van der Waals surface area contributed by atoms with Crippen LogP contribution in [0.5, 0.6) is 0 Å². The maximum absolute atomic E-state index is 3.56. The number of hydrogen-bond acceptors (Lipinski definition) is 1. The Hall–Kier alpha value is -2.81. The molecule has 7 rings (SSSR count). The SMILES string of the molecule is CC(C)C1=[C-]C2=CC(C)N(c3ccc(C(C)(C)C)cc3)C2=C1.Cc1cc2c(-c3ccccc3)cc(-c3ccccc3)cc2[cH-]1.Cl.Cl.[CH3-].[CH3-].[Si]=[Zr]. The molecule has 1 nitrogen and oxygen atoms in total. The van der Waals surface area contributed by atoms with Crippen LogP contribution in [0.4, 0.5) is 5.69 Å². The Bertz CT molecular complexity index is 1900. The molecule has 0 fully saturated rings. The molecule has 0 bridgehead atoms. The first-order chi connectivity index (χ1) is 22.1. The van der Waals surface area contributed by atoms with Crippen LogP contribution in [-0.2, 0) is 28.8 Å². The van der Waals surface area contributed by atoms with Gasteiger partial charge in [-0.25, -0.2) is 0 Å². The van der Waals surface area contributed by atoms with E-state index in [4.69, 9.17) is 0 Å². The molecule has 0 saturated carbocycles. The zero-order chi connectivity index (χ0) is 33.0. The fraction of sp³-hybridized carbons (Fsp3) is 0.222. The molecule has 1 aliphatic carbocycles. The van der Waals surface area contributed by atoms with Crippen LogP contribution in [0.25, 0.3) is 33.0 Å². The van der Waals surface area contributed by atoms with Gasteiger partial charge in [0, 0.05) is 11.7 Å². The van der Waals surface area contributed by atoms with Gasteiger partial charge in [-0.3, -0.25) is 0 Å². The number of rotatable bonds is 4. The van der Waals surface area contributed by atoms with E-state index in [-0.39, 0.29) is 45.1 Å². The molecule has 0 saturated heterocycles. The third-order valence-electron chi connectivity index (χ3n) is 8.71. The molecule has 5 heteroatoms. The Balaban J connectivity index is 0.000000443. The topological polar surface area (TPSA) is 3.24 Å². The van der Waals surface area contributed by atoms with Crippen molar-refractivity contribution < 1.29 is 23.3 Å². The van der Waals surface area contributed by atoms with Crippen molar-refractivity contribution >= 4 is 48.2 Å². The summed E-state index contributed by atoms with van der Waals surface area (Å²) in [7, 11) is 0. The van der Waals surface area contributed by atoms with Crippen molar-refractivity contribution in [3.05, 3.63) is 170 Å². The van der Waals surface area contributed by atoms with Gasteiger partial charge < -0.3 is 19.8 Å². The van der Waals surface area contributed by atoms with Crippen molar-refractivity contribution in [1.82, 2.24) is 0 Å². The Morgan fingerprint density at radius 1 is 0.780 bits per heavy atom. The van der Waals surface area contributed by atoms with Crippen molar-refractivity contribution in [3.63, 3.8) is 0 Å². The van der Waals surface area contributed by atoms with Gasteiger partial charge in [0.05, 0.1) is 0 Å². The first-order valence-corrected chi connectivity index (χ1v) is 20.3. The summed E-state index contributed by atoms with van der Waals surface area (Å²) < 4.78 is 0. The molecule has 1 aliphatic heterocycles. The number of nitrogens with zero attached hydrogens (tertiary/aromatic N) is 1. The third-order valence-corrected chi connectivity index (χ3v) is 8.71. The summed E-state index contributed by atoms with van der Waals surface area (Å²) >= 11 is 1.36. The molecule has 5 aromatic carbocycles. The molecule has 0 aromatic heterocycles. The van der Waals surface area contributed by atoms with Crippen LogP contribution in [0, 0.1) is 33.8 Å². The Kier molecular flexibility index (Phi) is 17.8. The standard InChI is InChI=1S/C22H17.C21H26N.2CH3.2ClH.Si.Zr/c1-16-12-20-14-19(17-8-4-2-5-9-17)15-22(21(20)13-16)18-10-6-3-7-11-18;1-14(2)16-12-17-11-15(3)22(20(17)13-16)19-9-7-18(8-10-19)21(4,5)6;;;;;;/h2-15H,1H3;7-11,13-15H,1-6H3;2*1H3;2*1H;;/q4*-1;;;;. The van der Waals surface area contributed by atoms with Crippen LogP contribution >= 0.6 is 24.8 Å². The van der Waals surface area contributed by atoms with Crippen LogP contribution < -0.4 is 4.90 Å². The van der Waals surface area contributed by atoms with Crippen LogP contribution in [-0.4, -0.2) is 12.9 Å². The first kappa shape index (κ1) is 45.2. The van der Waals surface area contributed by atoms with E-state index >= 15 is 0 Å². The van der Waals surface area contributed by atoms with Gasteiger partial charge in [0.2, 0.25) is 0 Å². The number of halogens is 2. The van der Waals surface area contributed by atoms with Gasteiger partial charge in [0.1, 0.15) is 0 Å². The van der Waals surface area contributed by atoms with Crippen molar-refractivity contribution in [3.8, 4) is 22.3 Å². The van der Waals surface area contributed by atoms with Crippen molar-refractivity contribution in [2.75, 3.05) is 4.90 Å². The first-order valence-electron chi connectivity index (χ1n) is 16.1. The van der Waals surface area contributed by atoms with Crippen LogP contribution in [0.1, 0.15) is 52.7 Å². The average Bonchev–Trinajstić information content (AvgIpc) is 3.73. The van der Waals surface area contributed by atoms with E-state index in [0.29, 0.717) is 12.0 Å². The zero-order valence-electron chi connectivity index (χ0n) is 31.0. The fourth-order valence-electron chi connectivity index (χ4n) is 6.27. The third kappa shape index (κ3) is 10.2. The van der Waals surface area contributed by atoms with Crippen LogP contribution in [0.15, 0.2) is 138 Å². The molecular formula is C45H51Cl2NSiZr-4. The summed E-state index contributed by atoms with van der Waals surface area (Å²) in [6.45, 7) is 18.7. The van der Waals surface area contributed by atoms with Gasteiger partial charge in [-0.15, -0.1) is 82.7 Å². The second-order valence-electron chi connectivity index (χ2n) is 13.5. The number of hydrogen-bond donors (Lipinski definition) is 0. The van der Waals surface area contributed by atoms with Crippen LogP contribution in [0.3, 0.4) is 0 Å². The Labute approximate surface area is 332 Å². The normalized spacial score (nSPS) is 14.1. The average molecular weight is 796 g/mol. The van der Waals surface area contributed by atoms with Crippen molar-refractivity contribution in [1.29, 1.82) is 0 Å². The summed E-state index contributed by atoms with van der Waals surface area (Å²) in [5, 5.41) is 2.65. The van der Waals surface area contributed by atoms with E-state index in [1.807, 2.05) is 0 Å². The van der Waals surface area contributed by atoms with E-state index in [2.05, 4.69) is 188 Å². The number of allylic oxidation sites excluding steroid dienone is 3. The summed E-state index contributed by atoms with van der Waals surface area (Å²) in [6.07, 6.45) is 8.18. The van der Waals surface area contributed by atoms with Gasteiger partial charge in [0.25, 0.3) is 0 Å². The molecule has 2 radical (unpaired) electrons. The molecule has 50 heavy (non-hydrogen) atoms. The van der Waals surface area contributed by atoms with Gasteiger partial charge in [-0.05, 0) is 47.1 Å². The molecule has 1 heterocycles. The molecule has 0 N–H and O–H groups in total. The molecule has 0 amide bonds. The summed E-state index contributed by atoms with van der Waals surface area (Å²) in [6, 6.07) is 39.8. The number of aryl methyl sites for hydroxylation is 1. The van der Waals surface area contributed by atoms with Crippen molar-refractivity contribution in [2.24, 2.45) is 5.92 Å². The van der Waals surface area contributed by atoms with Gasteiger partial charge >= 0.3 is 30.2 Å². The second kappa shape index (κ2) is 19.7. The zero-order valence-corrected chi connectivity index (χ0v) is 36.1. The van der Waals surface area contributed by atoms with Crippen molar-refractivity contribution in [2.45, 2.75) is 59.9 Å². The van der Waals surface area contributed by atoms with Crippen LogP contribution in [0.2, 0.25) is 0 Å². The van der Waals surface area contributed by atoms with E-state index in [9.17, 15) is 0 Å². The Morgan fingerprint density at radius 2 is 1.34 bits per heavy atom. The fourth-order valence-corrected chi connectivity index (χ4v) is 6.27. The minimum atomic E-state index is 0. The summed E-state index contributed by atoms with van der Waals surface area (Å²) in [5.41, 5.74) is 13.2. The van der Waals surface area contributed by atoms with E-state index < -0.39 is 0 Å². The summed E-state index contributed by atoms with van der Waals surface area (Å²) in [4.78, 5) is 2.42. The van der Waals surface area contributed by atoms with E-state index in [1.165, 1.54) is 90.0 Å². The Morgan fingerprint density at radius 3 is 1.88 bits per heavy atom. The second-order valence-corrected chi connectivity index (χ2v) is 13.5. The molecule has 1 atom stereocenters. The predicted molar refractivity (Wildman–Crippen MR) is 223 cm³/mol. The van der Waals surface area contributed by atoms with E-state index in [1.54, 1.807) is 0 Å². The monoisotopic (exact) mass is 793 g/mol. The molecule has 5 aromatic rings. The number of fused-ring (bicyclic) bond motifs is 2. The number of benzene rings is 4. The van der Waals surface area contributed by atoms with E-state index in [0.717, 1.165) is 0 Å². The maximum atomic E-state index is 3.56. The van der Waals surface area contributed by atoms with Gasteiger partial charge in [0.15, 0.2) is 0 Å². The van der Waals surface area contributed by atoms with Gasteiger partial charge in [-0.1, -0.05) is 137 Å². The molecule has 0 spiro atoms. The predicted octanol–water partition coefficient (Wildman–Crippen LogP) is 13.0.